The first-order chi connectivity index (χ1) is 8.72. The Morgan fingerprint density at radius 1 is 1.39 bits per heavy atom. The van der Waals surface area contributed by atoms with Gasteiger partial charge in [0.15, 0.2) is 0 Å². The molecule has 2 unspecified atom stereocenters. The van der Waals surface area contributed by atoms with Crippen LogP contribution in [0.1, 0.15) is 18.4 Å². The zero-order valence-corrected chi connectivity index (χ0v) is 11.9. The van der Waals surface area contributed by atoms with Gasteiger partial charge in [0, 0.05) is 23.6 Å². The second-order valence-electron chi connectivity index (χ2n) is 5.37. The number of halogens is 2. The van der Waals surface area contributed by atoms with Crippen LogP contribution >= 0.6 is 15.9 Å². The highest BCUT2D eigenvalue weighted by atomic mass is 79.9. The summed E-state index contributed by atoms with van der Waals surface area (Å²) in [6, 6.07) is 5.66. The predicted octanol–water partition coefficient (Wildman–Crippen LogP) is 2.77. The van der Waals surface area contributed by atoms with Crippen molar-refractivity contribution in [2.24, 2.45) is 5.92 Å². The summed E-state index contributed by atoms with van der Waals surface area (Å²) in [7, 11) is 0. The van der Waals surface area contributed by atoms with Crippen LogP contribution in [0.15, 0.2) is 22.7 Å². The molecule has 2 nitrogen and oxygen atoms in total. The minimum Gasteiger partial charge on any atom is -0.314 e. The fourth-order valence-corrected chi connectivity index (χ4v) is 3.54. The first kappa shape index (κ1) is 12.6. The Hall–Kier alpha value is -0.450. The average Bonchev–Trinajstić information content (AvgIpc) is 2.81. The van der Waals surface area contributed by atoms with Crippen LogP contribution in [-0.2, 0) is 6.54 Å². The number of nitrogens with zero attached hydrogens (tertiary/aromatic N) is 1. The van der Waals surface area contributed by atoms with Crippen molar-refractivity contribution in [3.63, 3.8) is 0 Å². The van der Waals surface area contributed by atoms with Crippen LogP contribution in [0.4, 0.5) is 4.39 Å². The number of rotatable bonds is 2. The first-order valence-corrected chi connectivity index (χ1v) is 7.41. The molecule has 2 saturated heterocycles. The topological polar surface area (TPSA) is 15.3 Å². The van der Waals surface area contributed by atoms with E-state index in [2.05, 4.69) is 26.1 Å². The van der Waals surface area contributed by atoms with Gasteiger partial charge in [-0.15, -0.1) is 0 Å². The van der Waals surface area contributed by atoms with Crippen molar-refractivity contribution in [3.05, 3.63) is 34.1 Å². The lowest BCUT2D eigenvalue weighted by molar-refractivity contribution is 0.155. The van der Waals surface area contributed by atoms with Gasteiger partial charge >= 0.3 is 0 Å². The van der Waals surface area contributed by atoms with E-state index in [0.717, 1.165) is 48.2 Å². The van der Waals surface area contributed by atoms with Gasteiger partial charge in [-0.1, -0.05) is 15.9 Å². The van der Waals surface area contributed by atoms with E-state index in [0.29, 0.717) is 0 Å². The van der Waals surface area contributed by atoms with Crippen molar-refractivity contribution < 1.29 is 4.39 Å². The predicted molar refractivity (Wildman–Crippen MR) is 73.9 cm³/mol. The third-order valence-electron chi connectivity index (χ3n) is 4.14. The monoisotopic (exact) mass is 312 g/mol. The summed E-state index contributed by atoms with van der Waals surface area (Å²) >= 11 is 3.51. The largest absolute Gasteiger partial charge is 0.314 e. The molecule has 1 N–H and O–H groups in total. The Morgan fingerprint density at radius 3 is 3.17 bits per heavy atom. The summed E-state index contributed by atoms with van der Waals surface area (Å²) in [5.74, 6) is 0.636. The fraction of sp³-hybridized carbons (Fsp3) is 0.571. The highest BCUT2D eigenvalue weighted by Crippen LogP contribution is 2.27. The molecule has 0 amide bonds. The van der Waals surface area contributed by atoms with Crippen molar-refractivity contribution >= 4 is 15.9 Å². The van der Waals surface area contributed by atoms with Crippen LogP contribution in [0, 0.1) is 11.7 Å². The standard InChI is InChI=1S/C14H18BrFN2/c15-13-2-1-12(16)7-11(13)9-18-6-4-14-10(8-18)3-5-17-14/h1-2,7,10,14,17H,3-6,8-9H2. The second kappa shape index (κ2) is 5.27. The summed E-state index contributed by atoms with van der Waals surface area (Å²) in [6.45, 7) is 4.26. The maximum Gasteiger partial charge on any atom is 0.123 e. The molecule has 0 aliphatic carbocycles. The number of fused-ring (bicyclic) bond motifs is 1. The summed E-state index contributed by atoms with van der Waals surface area (Å²) in [5, 5.41) is 3.57. The van der Waals surface area contributed by atoms with Gasteiger partial charge in [0.25, 0.3) is 0 Å². The number of piperidine rings is 1. The molecular weight excluding hydrogens is 295 g/mol. The number of nitrogens with one attached hydrogen (secondary N) is 1. The molecular formula is C14H18BrFN2. The summed E-state index contributed by atoms with van der Waals surface area (Å²) in [5.41, 5.74) is 1.06. The van der Waals surface area contributed by atoms with E-state index in [1.807, 2.05) is 0 Å². The first-order valence-electron chi connectivity index (χ1n) is 6.62. The molecule has 0 aromatic heterocycles. The third kappa shape index (κ3) is 2.60. The summed E-state index contributed by atoms with van der Waals surface area (Å²) in [6.07, 6.45) is 2.50. The maximum atomic E-state index is 13.3. The zero-order valence-electron chi connectivity index (χ0n) is 10.3. The molecule has 2 fully saturated rings. The average molecular weight is 313 g/mol. The van der Waals surface area contributed by atoms with Crippen molar-refractivity contribution in [1.82, 2.24) is 10.2 Å². The van der Waals surface area contributed by atoms with Crippen molar-refractivity contribution in [2.45, 2.75) is 25.4 Å². The van der Waals surface area contributed by atoms with Crippen LogP contribution in [-0.4, -0.2) is 30.6 Å². The molecule has 18 heavy (non-hydrogen) atoms. The van der Waals surface area contributed by atoms with Gasteiger partial charge in [-0.3, -0.25) is 4.90 Å². The van der Waals surface area contributed by atoms with E-state index < -0.39 is 0 Å². The van der Waals surface area contributed by atoms with Gasteiger partial charge in [0.05, 0.1) is 0 Å². The van der Waals surface area contributed by atoms with Crippen LogP contribution < -0.4 is 5.32 Å². The molecule has 2 heterocycles. The highest BCUT2D eigenvalue weighted by molar-refractivity contribution is 9.10. The van der Waals surface area contributed by atoms with E-state index in [1.54, 1.807) is 12.1 Å². The third-order valence-corrected chi connectivity index (χ3v) is 4.92. The number of hydrogen-bond acceptors (Lipinski definition) is 2. The van der Waals surface area contributed by atoms with Crippen LogP contribution in [0.3, 0.4) is 0 Å². The maximum absolute atomic E-state index is 13.3. The van der Waals surface area contributed by atoms with E-state index in [9.17, 15) is 4.39 Å². The Balaban J connectivity index is 1.67. The normalized spacial score (nSPS) is 28.3. The summed E-state index contributed by atoms with van der Waals surface area (Å²) < 4.78 is 14.3. The quantitative estimate of drug-likeness (QED) is 0.903. The lowest BCUT2D eigenvalue weighted by Crippen LogP contribution is -2.43. The molecule has 3 rings (SSSR count). The molecule has 1 aromatic rings. The molecule has 2 atom stereocenters. The summed E-state index contributed by atoms with van der Waals surface area (Å²) in [4.78, 5) is 2.45. The lowest BCUT2D eigenvalue weighted by atomic mass is 9.93. The molecule has 2 aliphatic rings. The minimum atomic E-state index is -0.148. The minimum absolute atomic E-state index is 0.148. The molecule has 0 radical (unpaired) electrons. The SMILES string of the molecule is Fc1ccc(Br)c(CN2CCC3NCCC3C2)c1. The van der Waals surface area contributed by atoms with Gasteiger partial charge in [0.1, 0.15) is 5.82 Å². The smallest absolute Gasteiger partial charge is 0.123 e. The van der Waals surface area contributed by atoms with Gasteiger partial charge < -0.3 is 5.32 Å². The molecule has 4 heteroatoms. The zero-order chi connectivity index (χ0) is 12.5. The number of benzene rings is 1. The molecule has 0 spiro atoms. The molecule has 0 saturated carbocycles. The highest BCUT2D eigenvalue weighted by Gasteiger charge is 2.32. The van der Waals surface area contributed by atoms with E-state index in [-0.39, 0.29) is 5.82 Å². The van der Waals surface area contributed by atoms with E-state index in [4.69, 9.17) is 0 Å². The second-order valence-corrected chi connectivity index (χ2v) is 6.22. The van der Waals surface area contributed by atoms with Crippen LogP contribution in [0.5, 0.6) is 0 Å². The Morgan fingerprint density at radius 2 is 2.28 bits per heavy atom. The van der Waals surface area contributed by atoms with Gasteiger partial charge in [-0.2, -0.15) is 0 Å². The Labute approximate surface area is 116 Å². The Kier molecular flexibility index (Phi) is 3.68. The van der Waals surface area contributed by atoms with Crippen LogP contribution in [0.25, 0.3) is 0 Å². The van der Waals surface area contributed by atoms with Crippen molar-refractivity contribution in [1.29, 1.82) is 0 Å². The Bertz CT molecular complexity index is 438. The lowest BCUT2D eigenvalue weighted by Gasteiger charge is -2.35. The molecule has 0 bridgehead atoms. The molecule has 98 valence electrons. The van der Waals surface area contributed by atoms with Crippen LogP contribution in [0.2, 0.25) is 0 Å². The molecule has 1 aromatic carbocycles. The van der Waals surface area contributed by atoms with Gasteiger partial charge in [-0.25, -0.2) is 4.39 Å². The van der Waals surface area contributed by atoms with Crippen molar-refractivity contribution in [2.75, 3.05) is 19.6 Å². The van der Waals surface area contributed by atoms with E-state index >= 15 is 0 Å². The van der Waals surface area contributed by atoms with E-state index in [1.165, 1.54) is 18.9 Å². The van der Waals surface area contributed by atoms with Crippen molar-refractivity contribution in [3.8, 4) is 0 Å². The molecule has 2 aliphatic heterocycles. The van der Waals surface area contributed by atoms with Gasteiger partial charge in [-0.05, 0) is 55.6 Å². The number of hydrogen-bond donors (Lipinski definition) is 1. The number of likely N-dealkylation sites (tertiary alicyclic amines) is 1. The fourth-order valence-electron chi connectivity index (χ4n) is 3.17. The van der Waals surface area contributed by atoms with Gasteiger partial charge in [0.2, 0.25) is 0 Å².